The molecule has 0 N–H and O–H groups in total. The Morgan fingerprint density at radius 3 is 3.04 bits per heavy atom. The molecule has 4 heterocycles. The normalized spacial score (nSPS) is 33.3. The van der Waals surface area contributed by atoms with Crippen LogP contribution in [0.4, 0.5) is 0 Å². The van der Waals surface area contributed by atoms with Crippen LogP contribution in [0.3, 0.4) is 0 Å². The van der Waals surface area contributed by atoms with Gasteiger partial charge in [0.1, 0.15) is 17.1 Å². The molecule has 3 fully saturated rings. The molecule has 0 amide bonds. The summed E-state index contributed by atoms with van der Waals surface area (Å²) in [5.41, 5.74) is 2.51. The topological polar surface area (TPSA) is 25.6 Å². The highest BCUT2D eigenvalue weighted by atomic mass is 16.5. The molecular weight excluding hydrogens is 310 g/mol. The van der Waals surface area contributed by atoms with Gasteiger partial charge in [-0.15, -0.1) is 0 Å². The summed E-state index contributed by atoms with van der Waals surface area (Å²) < 4.78 is 11.9. The Balaban J connectivity index is 1.58. The molecular formula is C22H29NO2. The third kappa shape index (κ3) is 2.43. The average molecular weight is 339 g/mol. The van der Waals surface area contributed by atoms with Crippen molar-refractivity contribution in [2.45, 2.75) is 57.4 Å². The van der Waals surface area contributed by atoms with E-state index in [0.29, 0.717) is 12.0 Å². The molecule has 6 rings (SSSR count). The average Bonchev–Trinajstić information content (AvgIpc) is 2.97. The summed E-state index contributed by atoms with van der Waals surface area (Å²) >= 11 is 0. The molecule has 0 spiro atoms. The van der Waals surface area contributed by atoms with Gasteiger partial charge in [0.05, 0.1) is 7.11 Å². The number of methoxy groups -OCH3 is 1. The van der Waals surface area contributed by atoms with Crippen molar-refractivity contribution in [3.05, 3.63) is 29.5 Å². The number of unbranched alkanes of at least 4 members (excludes halogenated alkanes) is 1. The van der Waals surface area contributed by atoms with E-state index >= 15 is 0 Å². The van der Waals surface area contributed by atoms with Gasteiger partial charge in [-0.25, -0.2) is 0 Å². The zero-order valence-electron chi connectivity index (χ0n) is 15.5. The number of ether oxygens (including phenoxy) is 1. The van der Waals surface area contributed by atoms with E-state index in [9.17, 15) is 0 Å². The van der Waals surface area contributed by atoms with Crippen LogP contribution in [0.2, 0.25) is 0 Å². The van der Waals surface area contributed by atoms with Crippen molar-refractivity contribution in [3.8, 4) is 5.75 Å². The highest BCUT2D eigenvalue weighted by molar-refractivity contribution is 5.84. The Morgan fingerprint density at radius 1 is 1.28 bits per heavy atom. The standard InChI is InChI=1S/C22H29NO2/c1-3-4-5-15-10-14-11-19-21(15)23(13-14)9-8-17-18-12-16(24-2)6-7-20(18)25-22(17)19/h6-7,12,14-15,19,21H,3-5,8-11,13H2,1-2H3. The number of piperidine rings is 2. The van der Waals surface area contributed by atoms with Crippen molar-refractivity contribution in [1.29, 1.82) is 0 Å². The molecule has 4 aliphatic rings. The van der Waals surface area contributed by atoms with Gasteiger partial charge in [0, 0.05) is 36.0 Å². The van der Waals surface area contributed by atoms with E-state index in [0.717, 1.165) is 29.6 Å². The molecule has 1 aromatic heterocycles. The fourth-order valence-corrected chi connectivity index (χ4v) is 5.99. The lowest BCUT2D eigenvalue weighted by Gasteiger charge is -2.53. The monoisotopic (exact) mass is 339 g/mol. The molecule has 1 aliphatic carbocycles. The molecule has 3 heteroatoms. The van der Waals surface area contributed by atoms with Gasteiger partial charge in [0.2, 0.25) is 0 Å². The van der Waals surface area contributed by atoms with Gasteiger partial charge in [0.15, 0.2) is 0 Å². The van der Waals surface area contributed by atoms with Gasteiger partial charge in [-0.05, 0) is 55.7 Å². The first-order valence-corrected chi connectivity index (χ1v) is 10.1. The van der Waals surface area contributed by atoms with Gasteiger partial charge in [0.25, 0.3) is 0 Å². The third-order valence-electron chi connectivity index (χ3n) is 6.98. The summed E-state index contributed by atoms with van der Waals surface area (Å²) in [6.45, 7) is 4.83. The number of fused-ring (bicyclic) bond motifs is 4. The van der Waals surface area contributed by atoms with Gasteiger partial charge >= 0.3 is 0 Å². The number of furan rings is 1. The van der Waals surface area contributed by atoms with Crippen molar-refractivity contribution in [1.82, 2.24) is 4.90 Å². The van der Waals surface area contributed by atoms with E-state index in [2.05, 4.69) is 24.0 Å². The van der Waals surface area contributed by atoms with Gasteiger partial charge in [-0.1, -0.05) is 19.8 Å². The highest BCUT2D eigenvalue weighted by Crippen LogP contribution is 2.52. The molecule has 134 valence electrons. The Labute approximate surface area is 150 Å². The molecule has 3 nitrogen and oxygen atoms in total. The van der Waals surface area contributed by atoms with Gasteiger partial charge in [-0.2, -0.15) is 0 Å². The van der Waals surface area contributed by atoms with E-state index in [-0.39, 0.29) is 0 Å². The van der Waals surface area contributed by atoms with Crippen molar-refractivity contribution in [3.63, 3.8) is 0 Å². The van der Waals surface area contributed by atoms with Crippen LogP contribution in [-0.4, -0.2) is 31.1 Å². The van der Waals surface area contributed by atoms with Crippen LogP contribution < -0.4 is 4.74 Å². The molecule has 4 bridgehead atoms. The Bertz CT molecular complexity index is 780. The summed E-state index contributed by atoms with van der Waals surface area (Å²) in [7, 11) is 1.75. The van der Waals surface area contributed by atoms with Crippen molar-refractivity contribution < 1.29 is 9.15 Å². The molecule has 5 unspecified atom stereocenters. The van der Waals surface area contributed by atoms with Crippen LogP contribution in [-0.2, 0) is 6.42 Å². The number of benzene rings is 1. The first-order chi connectivity index (χ1) is 12.3. The first kappa shape index (κ1) is 15.7. The second-order valence-corrected chi connectivity index (χ2v) is 8.39. The second-order valence-electron chi connectivity index (χ2n) is 8.39. The Kier molecular flexibility index (Phi) is 3.81. The molecule has 3 aliphatic heterocycles. The van der Waals surface area contributed by atoms with Crippen LogP contribution >= 0.6 is 0 Å². The smallest absolute Gasteiger partial charge is 0.134 e. The lowest BCUT2D eigenvalue weighted by molar-refractivity contribution is -0.0192. The predicted molar refractivity (Wildman–Crippen MR) is 100 cm³/mol. The minimum atomic E-state index is 0.602. The number of hydrogen-bond acceptors (Lipinski definition) is 3. The van der Waals surface area contributed by atoms with Crippen LogP contribution in [0.1, 0.15) is 56.3 Å². The van der Waals surface area contributed by atoms with Crippen LogP contribution in [0, 0.1) is 11.8 Å². The molecule has 2 saturated heterocycles. The molecule has 0 radical (unpaired) electrons. The fraction of sp³-hybridized carbons (Fsp3) is 0.636. The summed E-state index contributed by atoms with van der Waals surface area (Å²) in [6.07, 6.45) is 7.98. The third-order valence-corrected chi connectivity index (χ3v) is 6.98. The van der Waals surface area contributed by atoms with Crippen molar-refractivity contribution in [2.75, 3.05) is 20.2 Å². The van der Waals surface area contributed by atoms with Gasteiger partial charge in [-0.3, -0.25) is 4.90 Å². The van der Waals surface area contributed by atoms with Crippen LogP contribution in [0.5, 0.6) is 5.75 Å². The van der Waals surface area contributed by atoms with Crippen molar-refractivity contribution in [2.24, 2.45) is 11.8 Å². The van der Waals surface area contributed by atoms with Crippen LogP contribution in [0.25, 0.3) is 11.0 Å². The number of nitrogens with zero attached hydrogens (tertiary/aromatic N) is 1. The summed E-state index contributed by atoms with van der Waals surface area (Å²) in [5, 5.41) is 1.28. The Hall–Kier alpha value is -1.48. The minimum absolute atomic E-state index is 0.602. The fourth-order valence-electron chi connectivity index (χ4n) is 5.99. The summed E-state index contributed by atoms with van der Waals surface area (Å²) in [6, 6.07) is 7.00. The van der Waals surface area contributed by atoms with E-state index in [1.165, 1.54) is 61.9 Å². The quantitative estimate of drug-likeness (QED) is 0.785. The maximum atomic E-state index is 6.48. The van der Waals surface area contributed by atoms with E-state index < -0.39 is 0 Å². The number of hydrogen-bond donors (Lipinski definition) is 0. The number of rotatable bonds is 4. The minimum Gasteiger partial charge on any atom is -0.497 e. The van der Waals surface area contributed by atoms with E-state index in [1.807, 2.05) is 6.07 Å². The van der Waals surface area contributed by atoms with Crippen LogP contribution in [0.15, 0.2) is 22.6 Å². The second kappa shape index (κ2) is 6.05. The Morgan fingerprint density at radius 2 is 2.20 bits per heavy atom. The lowest BCUT2D eigenvalue weighted by Crippen LogP contribution is -2.56. The maximum Gasteiger partial charge on any atom is 0.134 e. The zero-order valence-corrected chi connectivity index (χ0v) is 15.5. The highest BCUT2D eigenvalue weighted by Gasteiger charge is 2.49. The zero-order chi connectivity index (χ0) is 17.0. The molecule has 1 saturated carbocycles. The molecule has 1 aromatic carbocycles. The summed E-state index contributed by atoms with van der Waals surface area (Å²) in [4.78, 5) is 2.81. The first-order valence-electron chi connectivity index (χ1n) is 10.1. The van der Waals surface area contributed by atoms with E-state index in [4.69, 9.17) is 9.15 Å². The predicted octanol–water partition coefficient (Wildman–Crippen LogP) is 4.98. The SMILES string of the molecule is CCCCC1CC2CC3c4oc5ccc(OC)cc5c4CCN(C2)C13. The lowest BCUT2D eigenvalue weighted by atomic mass is 9.65. The van der Waals surface area contributed by atoms with Gasteiger partial charge < -0.3 is 9.15 Å². The van der Waals surface area contributed by atoms with Crippen molar-refractivity contribution >= 4 is 11.0 Å². The van der Waals surface area contributed by atoms with E-state index in [1.54, 1.807) is 7.11 Å². The molecule has 2 aromatic rings. The maximum absolute atomic E-state index is 6.48. The molecule has 25 heavy (non-hydrogen) atoms. The summed E-state index contributed by atoms with van der Waals surface area (Å²) in [5.74, 6) is 4.58. The molecule has 5 atom stereocenters. The largest absolute Gasteiger partial charge is 0.497 e.